The van der Waals surface area contributed by atoms with E-state index in [0.717, 1.165) is 12.1 Å². The topological polar surface area (TPSA) is 33.4 Å². The third-order valence-electron chi connectivity index (χ3n) is 2.20. The van der Waals surface area contributed by atoms with E-state index in [4.69, 9.17) is 16.0 Å². The summed E-state index contributed by atoms with van der Waals surface area (Å²) in [6.45, 7) is 0. The van der Waals surface area contributed by atoms with E-state index < -0.39 is 17.7 Å². The van der Waals surface area contributed by atoms with Crippen LogP contribution in [-0.4, -0.2) is 5.11 Å². The lowest BCUT2D eigenvalue weighted by Gasteiger charge is -2.09. The van der Waals surface area contributed by atoms with Crippen LogP contribution in [0.5, 0.6) is 0 Å². The van der Waals surface area contributed by atoms with E-state index in [-0.39, 0.29) is 10.8 Å². The molecule has 0 aliphatic carbocycles. The standard InChI is InChI=1S/C11H7ClF2O2/c12-11-7(3-4-16-11)10(15)6-1-2-8(13)9(14)5-6/h1-5,10,15H. The van der Waals surface area contributed by atoms with Gasteiger partial charge in [0.05, 0.1) is 6.26 Å². The van der Waals surface area contributed by atoms with E-state index in [9.17, 15) is 13.9 Å². The zero-order valence-electron chi connectivity index (χ0n) is 7.95. The van der Waals surface area contributed by atoms with Crippen LogP contribution in [0.4, 0.5) is 8.78 Å². The number of benzene rings is 1. The SMILES string of the molecule is OC(c1ccc(F)c(F)c1)c1ccoc1Cl. The third-order valence-corrected chi connectivity index (χ3v) is 2.51. The Morgan fingerprint density at radius 2 is 1.94 bits per heavy atom. The fraction of sp³-hybridized carbons (Fsp3) is 0.0909. The molecular weight excluding hydrogens is 238 g/mol. The number of halogens is 3. The lowest BCUT2D eigenvalue weighted by molar-refractivity contribution is 0.218. The normalized spacial score (nSPS) is 12.8. The number of rotatable bonds is 2. The molecule has 2 aromatic rings. The molecule has 1 aromatic carbocycles. The molecule has 1 aromatic heterocycles. The van der Waals surface area contributed by atoms with E-state index in [1.165, 1.54) is 18.4 Å². The molecule has 1 N–H and O–H groups in total. The van der Waals surface area contributed by atoms with Crippen LogP contribution in [-0.2, 0) is 0 Å². The minimum atomic E-state index is -1.14. The molecule has 16 heavy (non-hydrogen) atoms. The zero-order chi connectivity index (χ0) is 11.7. The molecule has 0 spiro atoms. The van der Waals surface area contributed by atoms with Gasteiger partial charge in [-0.1, -0.05) is 6.07 Å². The monoisotopic (exact) mass is 244 g/mol. The van der Waals surface area contributed by atoms with Crippen molar-refractivity contribution in [2.24, 2.45) is 0 Å². The number of hydrogen-bond donors (Lipinski definition) is 1. The van der Waals surface area contributed by atoms with Crippen LogP contribution in [0.1, 0.15) is 17.2 Å². The van der Waals surface area contributed by atoms with Gasteiger partial charge in [0.15, 0.2) is 16.9 Å². The first-order valence-corrected chi connectivity index (χ1v) is 4.83. The van der Waals surface area contributed by atoms with Crippen LogP contribution in [0.15, 0.2) is 34.9 Å². The van der Waals surface area contributed by atoms with Crippen molar-refractivity contribution in [2.45, 2.75) is 6.10 Å². The number of furan rings is 1. The fourth-order valence-corrected chi connectivity index (χ4v) is 1.58. The van der Waals surface area contributed by atoms with Crippen molar-refractivity contribution in [3.05, 3.63) is 58.5 Å². The minimum Gasteiger partial charge on any atom is -0.453 e. The molecule has 0 fully saturated rings. The van der Waals surface area contributed by atoms with Gasteiger partial charge in [-0.05, 0) is 35.4 Å². The molecule has 5 heteroatoms. The first-order chi connectivity index (χ1) is 7.59. The van der Waals surface area contributed by atoms with Gasteiger partial charge in [0.25, 0.3) is 0 Å². The molecule has 0 amide bonds. The highest BCUT2D eigenvalue weighted by Gasteiger charge is 2.17. The average molecular weight is 245 g/mol. The Kier molecular flexibility index (Phi) is 2.94. The molecule has 1 unspecified atom stereocenters. The summed E-state index contributed by atoms with van der Waals surface area (Å²) in [7, 11) is 0. The van der Waals surface area contributed by atoms with E-state index >= 15 is 0 Å². The van der Waals surface area contributed by atoms with Gasteiger partial charge in [0, 0.05) is 5.56 Å². The summed E-state index contributed by atoms with van der Waals surface area (Å²) in [5, 5.41) is 9.87. The van der Waals surface area contributed by atoms with Gasteiger partial charge in [-0.3, -0.25) is 0 Å². The smallest absolute Gasteiger partial charge is 0.199 e. The maximum absolute atomic E-state index is 12.9. The second-order valence-corrected chi connectivity index (χ2v) is 3.57. The molecule has 1 atom stereocenters. The molecule has 0 saturated carbocycles. The fourth-order valence-electron chi connectivity index (χ4n) is 1.36. The van der Waals surface area contributed by atoms with E-state index in [1.807, 2.05) is 0 Å². The number of aliphatic hydroxyl groups is 1. The highest BCUT2D eigenvalue weighted by Crippen LogP contribution is 2.29. The molecule has 0 radical (unpaired) electrons. The maximum Gasteiger partial charge on any atom is 0.199 e. The van der Waals surface area contributed by atoms with Gasteiger partial charge in [-0.2, -0.15) is 0 Å². The molecule has 0 aliphatic heterocycles. The van der Waals surface area contributed by atoms with E-state index in [2.05, 4.69) is 0 Å². The Hall–Kier alpha value is -1.39. The van der Waals surface area contributed by atoms with Crippen molar-refractivity contribution in [1.29, 1.82) is 0 Å². The second-order valence-electron chi connectivity index (χ2n) is 3.23. The van der Waals surface area contributed by atoms with Crippen molar-refractivity contribution in [1.82, 2.24) is 0 Å². The zero-order valence-corrected chi connectivity index (χ0v) is 8.71. The highest BCUT2D eigenvalue weighted by atomic mass is 35.5. The minimum absolute atomic E-state index is 0.0252. The summed E-state index contributed by atoms with van der Waals surface area (Å²) in [6.07, 6.45) is 0.169. The van der Waals surface area contributed by atoms with Crippen molar-refractivity contribution in [3.8, 4) is 0 Å². The van der Waals surface area contributed by atoms with Crippen LogP contribution in [0.25, 0.3) is 0 Å². The van der Waals surface area contributed by atoms with Crippen molar-refractivity contribution >= 4 is 11.6 Å². The molecule has 2 nitrogen and oxygen atoms in total. The quantitative estimate of drug-likeness (QED) is 0.879. The lowest BCUT2D eigenvalue weighted by atomic mass is 10.0. The Bertz CT molecular complexity index is 510. The van der Waals surface area contributed by atoms with Gasteiger partial charge in [0.2, 0.25) is 0 Å². The first-order valence-electron chi connectivity index (χ1n) is 4.45. The maximum atomic E-state index is 12.9. The van der Waals surface area contributed by atoms with Gasteiger partial charge in [-0.15, -0.1) is 0 Å². The van der Waals surface area contributed by atoms with Gasteiger partial charge >= 0.3 is 0 Å². The van der Waals surface area contributed by atoms with Crippen LogP contribution >= 0.6 is 11.6 Å². The largest absolute Gasteiger partial charge is 0.453 e. The molecule has 0 bridgehead atoms. The summed E-state index contributed by atoms with van der Waals surface area (Å²) in [5.74, 6) is -1.98. The third kappa shape index (κ3) is 1.94. The van der Waals surface area contributed by atoms with Crippen LogP contribution in [0.2, 0.25) is 5.22 Å². The average Bonchev–Trinajstić information content (AvgIpc) is 2.67. The van der Waals surface area contributed by atoms with Crippen LogP contribution in [0.3, 0.4) is 0 Å². The first kappa shape index (κ1) is 11.1. The van der Waals surface area contributed by atoms with E-state index in [0.29, 0.717) is 5.56 Å². The predicted molar refractivity (Wildman–Crippen MR) is 54.1 cm³/mol. The van der Waals surface area contributed by atoms with Crippen molar-refractivity contribution in [2.75, 3.05) is 0 Å². The molecular formula is C11H7ClF2O2. The van der Waals surface area contributed by atoms with Crippen LogP contribution < -0.4 is 0 Å². The Labute approximate surface area is 95.1 Å². The Balaban J connectivity index is 2.38. The molecule has 0 saturated heterocycles. The van der Waals surface area contributed by atoms with Crippen LogP contribution in [0, 0.1) is 11.6 Å². The molecule has 84 valence electrons. The summed E-state index contributed by atoms with van der Waals surface area (Å²) in [5.41, 5.74) is 0.523. The summed E-state index contributed by atoms with van der Waals surface area (Å²) >= 11 is 5.66. The van der Waals surface area contributed by atoms with E-state index in [1.54, 1.807) is 0 Å². The number of aliphatic hydroxyl groups excluding tert-OH is 1. The summed E-state index contributed by atoms with van der Waals surface area (Å²) in [4.78, 5) is 0. The lowest BCUT2D eigenvalue weighted by Crippen LogP contribution is -2.00. The second kappa shape index (κ2) is 4.23. The van der Waals surface area contributed by atoms with Crippen molar-refractivity contribution < 1.29 is 18.3 Å². The van der Waals surface area contributed by atoms with Gasteiger partial charge in [-0.25, -0.2) is 8.78 Å². The summed E-state index contributed by atoms with van der Waals surface area (Å²) in [6, 6.07) is 4.62. The van der Waals surface area contributed by atoms with Crippen molar-refractivity contribution in [3.63, 3.8) is 0 Å². The van der Waals surface area contributed by atoms with Gasteiger partial charge < -0.3 is 9.52 Å². The number of hydrogen-bond acceptors (Lipinski definition) is 2. The predicted octanol–water partition coefficient (Wildman–Crippen LogP) is 3.29. The Morgan fingerprint density at radius 3 is 2.50 bits per heavy atom. The molecule has 0 aliphatic rings. The molecule has 2 rings (SSSR count). The summed E-state index contributed by atoms with van der Waals surface area (Å²) < 4.78 is 30.4. The Morgan fingerprint density at radius 1 is 1.19 bits per heavy atom. The van der Waals surface area contributed by atoms with Gasteiger partial charge in [0.1, 0.15) is 6.10 Å². The highest BCUT2D eigenvalue weighted by molar-refractivity contribution is 6.29. The molecule has 1 heterocycles.